The summed E-state index contributed by atoms with van der Waals surface area (Å²) in [6.45, 7) is 8.06. The first-order valence-corrected chi connectivity index (χ1v) is 10.3. The molecule has 2 atom stereocenters. The molecule has 1 amide bonds. The summed E-state index contributed by atoms with van der Waals surface area (Å²) < 4.78 is 4.92. The van der Waals surface area contributed by atoms with Gasteiger partial charge in [0.2, 0.25) is 5.91 Å². The number of aliphatic carboxylic acids is 1. The Kier molecular flexibility index (Phi) is 27.4. The third-order valence-corrected chi connectivity index (χ3v) is 4.14. The number of hydrogen-bond donors (Lipinski definition) is 3. The van der Waals surface area contributed by atoms with E-state index in [1.165, 1.54) is 13.8 Å². The number of nitrogens with one attached hydrogen (secondary N) is 2. The maximum absolute atomic E-state index is 11.6. The van der Waals surface area contributed by atoms with Gasteiger partial charge >= 0.3 is 5.97 Å². The molecule has 0 aromatic carbocycles. The van der Waals surface area contributed by atoms with Gasteiger partial charge in [-0.2, -0.15) is 0 Å². The van der Waals surface area contributed by atoms with Gasteiger partial charge in [-0.25, -0.2) is 0 Å². The van der Waals surface area contributed by atoms with Gasteiger partial charge in [0.25, 0.3) is 0 Å². The van der Waals surface area contributed by atoms with Crippen molar-refractivity contribution in [2.75, 3.05) is 26.8 Å². The van der Waals surface area contributed by atoms with Crippen LogP contribution in [-0.2, 0) is 28.7 Å². The number of carbonyl (C=O) groups excluding carboxylic acids is 4. The van der Waals surface area contributed by atoms with E-state index in [4.69, 9.17) is 9.84 Å². The minimum absolute atomic E-state index is 0. The van der Waals surface area contributed by atoms with E-state index < -0.39 is 17.9 Å². The van der Waals surface area contributed by atoms with Crippen LogP contribution in [0.4, 0.5) is 0 Å². The summed E-state index contributed by atoms with van der Waals surface area (Å²) in [6, 6.07) is -0.577. The molecule has 9 heteroatoms. The zero-order chi connectivity index (χ0) is 23.5. The second kappa shape index (κ2) is 23.5. The molecule has 9 nitrogen and oxygen atoms in total. The number of carbonyl (C=O) groups is 5. The fraction of sp³-hybridized carbons (Fsp3) is 0.783. The summed E-state index contributed by atoms with van der Waals surface area (Å²) in [5.41, 5.74) is 0. The van der Waals surface area contributed by atoms with Gasteiger partial charge in [0.15, 0.2) is 11.6 Å². The highest BCUT2D eigenvalue weighted by Crippen LogP contribution is 2.14. The number of ketones is 3. The number of Topliss-reactive ketones (excluding diaryl/α,β-unsaturated/α-hetero) is 3. The van der Waals surface area contributed by atoms with E-state index in [2.05, 4.69) is 10.6 Å². The first kappa shape index (κ1) is 37.2. The van der Waals surface area contributed by atoms with Gasteiger partial charge in [-0.1, -0.05) is 28.2 Å². The van der Waals surface area contributed by atoms with Crippen LogP contribution < -0.4 is 10.6 Å². The fourth-order valence-electron chi connectivity index (χ4n) is 2.17. The van der Waals surface area contributed by atoms with Crippen LogP contribution >= 0.6 is 0 Å². The highest BCUT2D eigenvalue weighted by molar-refractivity contribution is 5.87. The van der Waals surface area contributed by atoms with E-state index in [0.29, 0.717) is 13.0 Å². The van der Waals surface area contributed by atoms with Crippen molar-refractivity contribution in [3.8, 4) is 0 Å². The average molecular weight is 463 g/mol. The number of amides is 1. The summed E-state index contributed by atoms with van der Waals surface area (Å²) in [4.78, 5) is 55.6. The third-order valence-electron chi connectivity index (χ3n) is 4.14. The standard InChI is InChI=1S/C15H25NO5.C6H13NO2.2CH4/c1-4-5-6-13(18)9-12(15(20)21)7-8-14(19)16-10(2)11(3)17;1-6(8)5-9-4-3-7-2;;/h10,12H,4-9H2,1-3H3,(H,16,19)(H,20,21);7H,3-5H2,1-2H3;2*1H4/t10-,12-;;;/m1.../s1. The van der Waals surface area contributed by atoms with Crippen molar-refractivity contribution < 1.29 is 33.8 Å². The minimum Gasteiger partial charge on any atom is -0.481 e. The lowest BCUT2D eigenvalue weighted by Gasteiger charge is -2.13. The van der Waals surface area contributed by atoms with E-state index in [9.17, 15) is 24.0 Å². The minimum atomic E-state index is -1.06. The molecule has 0 radical (unpaired) electrons. The SMILES string of the molecule is C.C.CCCCC(=O)C[C@@H](CCC(=O)N[C@H](C)C(C)=O)C(=O)O.CNCCOCC(C)=O. The monoisotopic (exact) mass is 462 g/mol. The molecule has 0 unspecified atom stereocenters. The molecule has 0 heterocycles. The third kappa shape index (κ3) is 24.1. The molecule has 0 saturated carbocycles. The van der Waals surface area contributed by atoms with E-state index in [-0.39, 0.29) is 64.0 Å². The second-order valence-electron chi connectivity index (χ2n) is 7.18. The van der Waals surface area contributed by atoms with E-state index >= 15 is 0 Å². The zero-order valence-electron chi connectivity index (χ0n) is 18.9. The van der Waals surface area contributed by atoms with Crippen LogP contribution in [0.25, 0.3) is 0 Å². The smallest absolute Gasteiger partial charge is 0.306 e. The fourth-order valence-corrected chi connectivity index (χ4v) is 2.17. The Morgan fingerprint density at radius 1 is 1.03 bits per heavy atom. The number of hydrogen-bond acceptors (Lipinski definition) is 7. The summed E-state index contributed by atoms with van der Waals surface area (Å²) in [5.74, 6) is -2.44. The molecule has 0 aliphatic carbocycles. The van der Waals surface area contributed by atoms with Crippen molar-refractivity contribution in [1.82, 2.24) is 10.6 Å². The van der Waals surface area contributed by atoms with Gasteiger partial charge in [0.05, 0.1) is 18.6 Å². The number of unbranched alkanes of at least 4 members (excludes halogenated alkanes) is 1. The highest BCUT2D eigenvalue weighted by Gasteiger charge is 2.22. The molecule has 3 N–H and O–H groups in total. The largest absolute Gasteiger partial charge is 0.481 e. The maximum atomic E-state index is 11.6. The number of ether oxygens (including phenoxy) is 1. The summed E-state index contributed by atoms with van der Waals surface area (Å²) in [7, 11) is 1.84. The van der Waals surface area contributed by atoms with Gasteiger partial charge in [0.1, 0.15) is 12.4 Å². The summed E-state index contributed by atoms with van der Waals surface area (Å²) in [5, 5.41) is 14.5. The molecule has 0 spiro atoms. The van der Waals surface area contributed by atoms with Gasteiger partial charge in [-0.15, -0.1) is 0 Å². The van der Waals surface area contributed by atoms with Crippen LogP contribution in [0.3, 0.4) is 0 Å². The normalized spacial score (nSPS) is 11.4. The average Bonchev–Trinajstić information content (AvgIpc) is 2.66. The Morgan fingerprint density at radius 3 is 2.06 bits per heavy atom. The number of carboxylic acid groups (broad SMARTS) is 1. The zero-order valence-corrected chi connectivity index (χ0v) is 18.9. The number of likely N-dealkylation sites (N-methyl/N-ethyl adjacent to an activating group) is 1. The van der Waals surface area contributed by atoms with Crippen LogP contribution in [0.15, 0.2) is 0 Å². The lowest BCUT2D eigenvalue weighted by atomic mass is 9.95. The molecular formula is C23H46N2O7. The van der Waals surface area contributed by atoms with Gasteiger partial charge in [-0.3, -0.25) is 24.0 Å². The molecule has 0 fully saturated rings. The van der Waals surface area contributed by atoms with Crippen molar-refractivity contribution in [3.05, 3.63) is 0 Å². The Hall–Kier alpha value is -2.13. The molecule has 0 aliphatic heterocycles. The summed E-state index contributed by atoms with van der Waals surface area (Å²) in [6.07, 6.45) is 2.08. The summed E-state index contributed by atoms with van der Waals surface area (Å²) >= 11 is 0. The predicted molar refractivity (Wildman–Crippen MR) is 127 cm³/mol. The van der Waals surface area contributed by atoms with Crippen molar-refractivity contribution in [2.24, 2.45) is 5.92 Å². The maximum Gasteiger partial charge on any atom is 0.306 e. The molecule has 32 heavy (non-hydrogen) atoms. The first-order chi connectivity index (χ1) is 14.0. The Balaban J connectivity index is -0.000000303. The van der Waals surface area contributed by atoms with Crippen LogP contribution in [0.1, 0.15) is 81.1 Å². The van der Waals surface area contributed by atoms with E-state index in [0.717, 1.165) is 19.4 Å². The quantitative estimate of drug-likeness (QED) is 0.298. The van der Waals surface area contributed by atoms with Crippen LogP contribution in [-0.4, -0.2) is 67.2 Å². The molecule has 0 aliphatic rings. The molecule has 0 aromatic heterocycles. The predicted octanol–water partition coefficient (Wildman–Crippen LogP) is 2.79. The molecule has 0 aromatic rings. The molecule has 0 rings (SSSR count). The molecular weight excluding hydrogens is 416 g/mol. The Bertz CT molecular complexity index is 550. The van der Waals surface area contributed by atoms with Crippen molar-refractivity contribution in [2.45, 2.75) is 87.1 Å². The lowest BCUT2D eigenvalue weighted by Crippen LogP contribution is -2.37. The molecule has 190 valence electrons. The van der Waals surface area contributed by atoms with Crippen LogP contribution in [0.2, 0.25) is 0 Å². The Morgan fingerprint density at radius 2 is 1.62 bits per heavy atom. The van der Waals surface area contributed by atoms with Crippen molar-refractivity contribution in [3.63, 3.8) is 0 Å². The van der Waals surface area contributed by atoms with E-state index in [1.807, 2.05) is 14.0 Å². The first-order valence-electron chi connectivity index (χ1n) is 10.3. The Labute approximate surface area is 194 Å². The van der Waals surface area contributed by atoms with E-state index in [1.54, 1.807) is 6.92 Å². The number of carboxylic acids is 1. The number of rotatable bonds is 16. The molecule has 0 bridgehead atoms. The van der Waals surface area contributed by atoms with Crippen molar-refractivity contribution >= 4 is 29.2 Å². The topological polar surface area (TPSA) is 139 Å². The van der Waals surface area contributed by atoms with Gasteiger partial charge in [-0.05, 0) is 40.7 Å². The van der Waals surface area contributed by atoms with Gasteiger partial charge in [0, 0.05) is 25.8 Å². The lowest BCUT2D eigenvalue weighted by molar-refractivity contribution is -0.144. The van der Waals surface area contributed by atoms with Crippen LogP contribution in [0.5, 0.6) is 0 Å². The molecule has 0 saturated heterocycles. The second-order valence-corrected chi connectivity index (χ2v) is 7.18. The van der Waals surface area contributed by atoms with Gasteiger partial charge < -0.3 is 20.5 Å². The van der Waals surface area contributed by atoms with Crippen LogP contribution in [0, 0.1) is 5.92 Å². The highest BCUT2D eigenvalue weighted by atomic mass is 16.5. The van der Waals surface area contributed by atoms with Crippen molar-refractivity contribution in [1.29, 1.82) is 0 Å².